The van der Waals surface area contributed by atoms with Crippen LogP contribution in [-0.2, 0) is 37.5 Å². The van der Waals surface area contributed by atoms with Gasteiger partial charge in [-0.1, -0.05) is 77.8 Å². The van der Waals surface area contributed by atoms with Crippen LogP contribution in [0.25, 0.3) is 0 Å². The van der Waals surface area contributed by atoms with Crippen molar-refractivity contribution < 1.29 is 4.74 Å². The Kier molecular flexibility index (Phi) is 27.0. The summed E-state index contributed by atoms with van der Waals surface area (Å²) in [5.41, 5.74) is 53.3. The second-order valence-corrected chi connectivity index (χ2v) is 40.9. The van der Waals surface area contributed by atoms with E-state index in [1.165, 1.54) is 38.5 Å². The van der Waals surface area contributed by atoms with Crippen molar-refractivity contribution in [1.82, 2.24) is 74.8 Å². The van der Waals surface area contributed by atoms with Crippen LogP contribution in [-0.4, -0.2) is 212 Å². The predicted octanol–water partition coefficient (Wildman–Crippen LogP) is 13.9. The maximum Gasteiger partial charge on any atom is 0.147 e. The number of piperidine rings is 5. The lowest BCUT2D eigenvalue weighted by Crippen LogP contribution is -2.49. The molecular formula is C99H117Cl5N30O. The largest absolute Gasteiger partial charge is 0.379 e. The summed E-state index contributed by atoms with van der Waals surface area (Å²) in [6.45, 7) is 28.3. The molecule has 8 fully saturated rings. The topological polar surface area (TPSA) is 411 Å². The zero-order valence-corrected chi connectivity index (χ0v) is 81.6. The van der Waals surface area contributed by atoms with E-state index < -0.39 is 0 Å². The molecule has 13 aliphatic rings. The third kappa shape index (κ3) is 18.9. The summed E-state index contributed by atoms with van der Waals surface area (Å²) in [7, 11) is 0. The number of anilines is 5. The van der Waals surface area contributed by atoms with E-state index in [-0.39, 0.29) is 22.4 Å². The molecule has 23 rings (SSSR count). The summed E-state index contributed by atoms with van der Waals surface area (Å²) >= 11 is 32.2. The molecule has 0 radical (unpaired) electrons. The number of rotatable bonds is 11. The van der Waals surface area contributed by atoms with Crippen LogP contribution in [0.3, 0.4) is 0 Å². The third-order valence-corrected chi connectivity index (χ3v) is 32.9. The summed E-state index contributed by atoms with van der Waals surface area (Å²) in [6.07, 6.45) is 36.3. The van der Waals surface area contributed by atoms with Gasteiger partial charge >= 0.3 is 0 Å². The quantitative estimate of drug-likeness (QED) is 0.0803. The Morgan fingerprint density at radius 1 is 0.333 bits per heavy atom. The number of ether oxygens (including phenoxy) is 1. The highest BCUT2D eigenvalue weighted by Gasteiger charge is 2.47. The average Bonchev–Trinajstić information content (AvgIpc) is 1.74. The van der Waals surface area contributed by atoms with Crippen LogP contribution >= 0.6 is 58.0 Å². The molecule has 2 saturated carbocycles. The summed E-state index contributed by atoms with van der Waals surface area (Å²) in [4.78, 5) is 104. The fraction of sp³-hybridized carbons (Fsp3) is 0.495. The molecule has 10 aromatic rings. The zero-order chi connectivity index (χ0) is 93.8. The Bertz CT molecular complexity index is 5950. The van der Waals surface area contributed by atoms with Crippen molar-refractivity contribution in [3.8, 4) is 0 Å². The van der Waals surface area contributed by atoms with E-state index in [1.54, 1.807) is 31.0 Å². The molecule has 6 saturated heterocycles. The molecule has 704 valence electrons. The lowest BCUT2D eigenvalue weighted by molar-refractivity contribution is 0.131. The van der Waals surface area contributed by atoms with Crippen molar-refractivity contribution in [2.24, 2.45) is 75.3 Å². The van der Waals surface area contributed by atoms with Gasteiger partial charge in [-0.05, 0) is 185 Å². The number of pyridine rings is 5. The lowest BCUT2D eigenvalue weighted by atomic mass is 9.74. The highest BCUT2D eigenvalue weighted by atomic mass is 35.5. The molecule has 0 aromatic carbocycles. The summed E-state index contributed by atoms with van der Waals surface area (Å²) in [6, 6.07) is 10.3. The van der Waals surface area contributed by atoms with Crippen LogP contribution < -0.4 is 53.2 Å². The monoisotopic (exact) mass is 1920 g/mol. The van der Waals surface area contributed by atoms with Crippen molar-refractivity contribution >= 4 is 116 Å². The van der Waals surface area contributed by atoms with Gasteiger partial charge in [0.1, 0.15) is 57.6 Å². The number of nitrogens with two attached hydrogens (primary N) is 5. The Hall–Kier alpha value is -10.3. The number of fused-ring (bicyclic) bond motifs is 5. The normalized spacial score (nSPS) is 21.5. The molecule has 10 aromatic heterocycles. The summed E-state index contributed by atoms with van der Waals surface area (Å²) < 4.78 is 5.62. The smallest absolute Gasteiger partial charge is 0.147 e. The average molecular weight is 1920 g/mol. The van der Waals surface area contributed by atoms with Gasteiger partial charge in [0.05, 0.1) is 188 Å². The third-order valence-electron chi connectivity index (χ3n) is 30.5. The van der Waals surface area contributed by atoms with E-state index >= 15 is 0 Å². The lowest BCUT2D eigenvalue weighted by Gasteiger charge is -2.42. The second kappa shape index (κ2) is 38.9. The molecule has 135 heavy (non-hydrogen) atoms. The van der Waals surface area contributed by atoms with E-state index in [0.29, 0.717) is 87.4 Å². The number of aliphatic imine (C=N–C) groups is 5. The molecule has 36 heteroatoms. The maximum absolute atomic E-state index is 6.45. The number of hydrogen-bond acceptors (Lipinski definition) is 31. The summed E-state index contributed by atoms with van der Waals surface area (Å²) in [5.74, 6) is 4.65. The highest BCUT2D eigenvalue weighted by molar-refractivity contribution is 6.38. The van der Waals surface area contributed by atoms with Gasteiger partial charge < -0.3 is 57.9 Å². The van der Waals surface area contributed by atoms with E-state index in [9.17, 15) is 0 Å². The molecule has 2 aliphatic carbocycles. The van der Waals surface area contributed by atoms with Crippen molar-refractivity contribution in [3.63, 3.8) is 0 Å². The van der Waals surface area contributed by atoms with E-state index in [1.807, 2.05) is 95.9 Å². The van der Waals surface area contributed by atoms with Gasteiger partial charge in [0.2, 0.25) is 0 Å². The number of halogens is 5. The first-order valence-electron chi connectivity index (χ1n) is 47.4. The molecule has 10 N–H and O–H groups in total. The van der Waals surface area contributed by atoms with Crippen LogP contribution in [0.4, 0.5) is 29.1 Å². The van der Waals surface area contributed by atoms with Gasteiger partial charge in [0, 0.05) is 153 Å². The first-order chi connectivity index (χ1) is 65.2. The number of hydrogen-bond donors (Lipinski definition) is 5. The predicted molar refractivity (Wildman–Crippen MR) is 534 cm³/mol. The Labute approximate surface area is 812 Å². The Balaban J connectivity index is 0.000000108. The number of nitrogens with zero attached hydrogens (tertiary/aromatic N) is 25. The standard InChI is InChI=1S/2C21H25ClN6.C20H23ClN6O.C19H23ClN6.C18H21ClN6/c2*1-13-18(22)14(4-8-24-13)19-20-15(11-25-19)27-17(12-26-20)28-9-6-21(7-10-28)5-2-3-16(21)23;1-12-17(21)13(2-5-23-12)18-19-14(8-24-18)26-16(9-25-19)27-6-3-20(4-7-27)11-28-10-15(20)22;1-12-16(20)13(3-6-22-12)17-18-14(9-23-17)25-15(10-24-18)26-7-4-19(2,11-21)5-8-26;1-11-15(19)12(3-6-21-11)16-17-13(9-22-16)24-14(10-23-17)25-7-4-18(2,20)5-8-25/h2*4,8,12,16H,2-3,5-7,9-11,23H2,1H3;2,5,9,15H,3-4,6-8,10-11,22H2,1H3;3,6,10H,4-5,7-9,11,21H2,1-2H3;3,6,10H,4-5,7-9,20H2,1-2H3/t2*16-;15-;;/m111../s1. The van der Waals surface area contributed by atoms with Gasteiger partial charge in [-0.3, -0.25) is 49.9 Å². The molecule has 3 spiro atoms. The van der Waals surface area contributed by atoms with Crippen LogP contribution in [0.15, 0.2) is 117 Å². The van der Waals surface area contributed by atoms with E-state index in [0.717, 1.165) is 314 Å². The van der Waals surface area contributed by atoms with E-state index in [4.69, 9.17) is 131 Å². The van der Waals surface area contributed by atoms with Crippen LogP contribution in [0.5, 0.6) is 0 Å². The Morgan fingerprint density at radius 2 is 0.578 bits per heavy atom. The molecule has 21 heterocycles. The first kappa shape index (κ1) is 93.7. The molecule has 0 bridgehead atoms. The highest BCUT2D eigenvalue weighted by Crippen LogP contribution is 2.49. The van der Waals surface area contributed by atoms with Gasteiger partial charge in [-0.2, -0.15) is 0 Å². The van der Waals surface area contributed by atoms with Crippen molar-refractivity contribution in [2.75, 3.05) is 110 Å². The molecule has 31 nitrogen and oxygen atoms in total. The number of aromatic nitrogens is 15. The fourth-order valence-electron chi connectivity index (χ4n) is 21.3. The van der Waals surface area contributed by atoms with Crippen LogP contribution in [0.1, 0.15) is 230 Å². The minimum absolute atomic E-state index is 0.0765. The van der Waals surface area contributed by atoms with Crippen molar-refractivity contribution in [1.29, 1.82) is 0 Å². The molecule has 3 atom stereocenters. The second-order valence-electron chi connectivity index (χ2n) is 39.0. The maximum atomic E-state index is 6.45. The van der Waals surface area contributed by atoms with Gasteiger partial charge in [0.25, 0.3) is 0 Å². The number of aryl methyl sites for hydroxylation is 5. The first-order valence-corrected chi connectivity index (χ1v) is 49.3. The van der Waals surface area contributed by atoms with E-state index in [2.05, 4.69) is 98.2 Å². The summed E-state index contributed by atoms with van der Waals surface area (Å²) in [5, 5.41) is 3.14. The van der Waals surface area contributed by atoms with Crippen LogP contribution in [0.2, 0.25) is 25.1 Å². The van der Waals surface area contributed by atoms with Crippen molar-refractivity contribution in [3.05, 3.63) is 231 Å². The molecule has 0 unspecified atom stereocenters. The molecule has 11 aliphatic heterocycles. The van der Waals surface area contributed by atoms with Crippen molar-refractivity contribution in [2.45, 2.75) is 208 Å². The molecule has 0 amide bonds. The fourth-order valence-corrected chi connectivity index (χ4v) is 22.3. The molecular weight excluding hydrogens is 1800 g/mol. The minimum Gasteiger partial charge on any atom is -0.379 e. The Morgan fingerprint density at radius 3 is 0.807 bits per heavy atom. The van der Waals surface area contributed by atoms with Gasteiger partial charge in [-0.15, -0.1) is 0 Å². The van der Waals surface area contributed by atoms with Gasteiger partial charge in [-0.25, -0.2) is 49.8 Å². The van der Waals surface area contributed by atoms with Gasteiger partial charge in [0.15, 0.2) is 0 Å². The minimum atomic E-state index is -0.0765. The zero-order valence-electron chi connectivity index (χ0n) is 77.8. The van der Waals surface area contributed by atoms with Crippen LogP contribution in [0, 0.1) is 56.3 Å². The SMILES string of the molecule is Cc1nccc(C2=NCc3nc(N4CCC(C)(CN)CC4)cnc32)c1Cl.Cc1nccc(C2=NCc3nc(N4CCC(C)(N)CC4)cnc32)c1Cl.Cc1nccc(C2=NCc3nc(N4CCC5(CC4)COC[C@H]5N)cnc32)c1Cl.Cc1nccc(C2=NCc3nc(N4CCC5(CCC[C@H]5N)CC4)cnc32)c1Cl.Cc1nccc(C2=NCc3nc(N4CCC5(CCC[C@H]5N)CC4)cnc32)c1Cl.